The average Bonchev–Trinajstić information content (AvgIpc) is 2.35. The molecule has 0 bridgehead atoms. The second-order valence-electron chi connectivity index (χ2n) is 5.22. The molecule has 104 valence electrons. The molecular formula is C14H18ClFN2O. The number of nitrogens with two attached hydrogens (primary N) is 1. The summed E-state index contributed by atoms with van der Waals surface area (Å²) in [5, 5.41) is 0.0615. The Morgan fingerprint density at radius 3 is 2.74 bits per heavy atom. The third kappa shape index (κ3) is 2.74. The van der Waals surface area contributed by atoms with Gasteiger partial charge in [-0.1, -0.05) is 17.7 Å². The first-order valence-electron chi connectivity index (χ1n) is 6.43. The van der Waals surface area contributed by atoms with E-state index >= 15 is 0 Å². The fourth-order valence-electron chi connectivity index (χ4n) is 2.65. The van der Waals surface area contributed by atoms with Gasteiger partial charge in [-0.25, -0.2) is 4.39 Å². The second-order valence-corrected chi connectivity index (χ2v) is 5.62. The lowest BCUT2D eigenvalue weighted by Crippen LogP contribution is -2.51. The van der Waals surface area contributed by atoms with Crippen molar-refractivity contribution in [3.63, 3.8) is 0 Å². The van der Waals surface area contributed by atoms with E-state index in [0.29, 0.717) is 12.8 Å². The predicted molar refractivity (Wildman–Crippen MR) is 73.3 cm³/mol. The van der Waals surface area contributed by atoms with Crippen LogP contribution in [-0.2, 0) is 4.79 Å². The maximum absolute atomic E-state index is 13.3. The van der Waals surface area contributed by atoms with Crippen molar-refractivity contribution in [2.45, 2.75) is 44.8 Å². The number of carbonyl (C=O) groups excluding carboxylic acids is 1. The van der Waals surface area contributed by atoms with Crippen LogP contribution < -0.4 is 5.73 Å². The highest BCUT2D eigenvalue weighted by atomic mass is 35.5. The highest BCUT2D eigenvalue weighted by Crippen LogP contribution is 2.34. The topological polar surface area (TPSA) is 46.3 Å². The van der Waals surface area contributed by atoms with Crippen LogP contribution in [0.5, 0.6) is 0 Å². The van der Waals surface area contributed by atoms with E-state index in [9.17, 15) is 9.18 Å². The van der Waals surface area contributed by atoms with Crippen LogP contribution in [0.3, 0.4) is 0 Å². The lowest BCUT2D eigenvalue weighted by atomic mass is 9.89. The first-order chi connectivity index (χ1) is 8.91. The molecule has 2 N–H and O–H groups in total. The van der Waals surface area contributed by atoms with Gasteiger partial charge < -0.3 is 10.6 Å². The Kier molecular flexibility index (Phi) is 4.11. The average molecular weight is 285 g/mol. The molecule has 19 heavy (non-hydrogen) atoms. The van der Waals surface area contributed by atoms with Gasteiger partial charge >= 0.3 is 0 Å². The minimum atomic E-state index is -0.461. The summed E-state index contributed by atoms with van der Waals surface area (Å²) in [7, 11) is 0. The fourth-order valence-corrected chi connectivity index (χ4v) is 2.84. The Hall–Kier alpha value is -1.13. The zero-order valence-electron chi connectivity index (χ0n) is 11.1. The number of amides is 1. The van der Waals surface area contributed by atoms with Crippen LogP contribution in [0, 0.1) is 5.82 Å². The first-order valence-corrected chi connectivity index (χ1v) is 6.81. The summed E-state index contributed by atoms with van der Waals surface area (Å²) in [5.74, 6) is -0.376. The molecule has 2 atom stereocenters. The van der Waals surface area contributed by atoms with Gasteiger partial charge in [-0.3, -0.25) is 4.79 Å². The Morgan fingerprint density at radius 1 is 1.47 bits per heavy atom. The Labute approximate surface area is 117 Å². The van der Waals surface area contributed by atoms with E-state index in [1.54, 1.807) is 17.0 Å². The number of hydrogen-bond donors (Lipinski definition) is 1. The lowest BCUT2D eigenvalue weighted by molar-refractivity contribution is -0.139. The van der Waals surface area contributed by atoms with Crippen molar-refractivity contribution >= 4 is 17.5 Å². The van der Waals surface area contributed by atoms with Gasteiger partial charge in [0.1, 0.15) is 5.82 Å². The van der Waals surface area contributed by atoms with E-state index in [1.165, 1.54) is 6.07 Å². The monoisotopic (exact) mass is 284 g/mol. The molecule has 0 radical (unpaired) electrons. The maximum Gasteiger partial charge on any atom is 0.223 e. The molecule has 1 amide bonds. The summed E-state index contributed by atoms with van der Waals surface area (Å²) >= 11 is 5.83. The lowest BCUT2D eigenvalue weighted by Gasteiger charge is -2.42. The van der Waals surface area contributed by atoms with E-state index in [-0.39, 0.29) is 29.1 Å². The number of hydrogen-bond acceptors (Lipinski definition) is 2. The summed E-state index contributed by atoms with van der Waals surface area (Å²) in [6.45, 7) is 3.90. The molecule has 1 fully saturated rings. The zero-order valence-corrected chi connectivity index (χ0v) is 11.8. The molecule has 1 aliphatic rings. The predicted octanol–water partition coefficient (Wildman–Crippen LogP) is 2.88. The van der Waals surface area contributed by atoms with E-state index in [0.717, 1.165) is 5.56 Å². The molecule has 0 aliphatic carbocycles. The van der Waals surface area contributed by atoms with E-state index < -0.39 is 5.82 Å². The van der Waals surface area contributed by atoms with Gasteiger partial charge in [0, 0.05) is 18.5 Å². The van der Waals surface area contributed by atoms with Crippen LogP contribution in [-0.4, -0.2) is 22.9 Å². The molecule has 0 saturated carbocycles. The Balaban J connectivity index is 2.42. The molecule has 1 saturated heterocycles. The minimum Gasteiger partial charge on any atom is -0.332 e. The van der Waals surface area contributed by atoms with Gasteiger partial charge in [-0.15, -0.1) is 0 Å². The third-order valence-electron chi connectivity index (χ3n) is 3.53. The van der Waals surface area contributed by atoms with Gasteiger partial charge in [-0.05, 0) is 38.0 Å². The molecule has 0 aromatic heterocycles. The van der Waals surface area contributed by atoms with Crippen LogP contribution in [0.4, 0.5) is 4.39 Å². The van der Waals surface area contributed by atoms with Crippen LogP contribution in [0.1, 0.15) is 38.3 Å². The molecule has 5 heteroatoms. The molecule has 2 unspecified atom stereocenters. The summed E-state index contributed by atoms with van der Waals surface area (Å²) in [5.41, 5.74) is 6.95. The molecule has 1 heterocycles. The number of rotatable bonds is 2. The maximum atomic E-state index is 13.3. The van der Waals surface area contributed by atoms with Crippen LogP contribution in [0.25, 0.3) is 0 Å². The normalized spacial score (nSPS) is 24.1. The number of nitrogens with zero attached hydrogens (tertiary/aromatic N) is 1. The summed E-state index contributed by atoms with van der Waals surface area (Å²) < 4.78 is 13.3. The molecule has 1 aromatic carbocycles. The van der Waals surface area contributed by atoms with E-state index in [2.05, 4.69) is 0 Å². The van der Waals surface area contributed by atoms with Crippen molar-refractivity contribution in [2.75, 3.05) is 0 Å². The highest BCUT2D eigenvalue weighted by Gasteiger charge is 2.36. The minimum absolute atomic E-state index is 0.0488. The Bertz CT molecular complexity index is 492. The fraction of sp³-hybridized carbons (Fsp3) is 0.500. The third-order valence-corrected chi connectivity index (χ3v) is 3.82. The van der Waals surface area contributed by atoms with E-state index in [4.69, 9.17) is 17.3 Å². The van der Waals surface area contributed by atoms with Crippen molar-refractivity contribution in [3.05, 3.63) is 34.6 Å². The van der Waals surface area contributed by atoms with Gasteiger partial charge in [0.15, 0.2) is 0 Å². The largest absolute Gasteiger partial charge is 0.332 e. The standard InChI is InChI=1S/C14H18ClFN2O/c1-8(2)18-13(19)6-5-12(17)14(18)9-3-4-11(16)10(15)7-9/h3-4,7-8,12,14H,5-6,17H2,1-2H3. The molecule has 2 rings (SSSR count). The number of halogens is 2. The number of piperidine rings is 1. The molecule has 1 aromatic rings. The quantitative estimate of drug-likeness (QED) is 0.908. The van der Waals surface area contributed by atoms with Crippen molar-refractivity contribution < 1.29 is 9.18 Å². The van der Waals surface area contributed by atoms with E-state index in [1.807, 2.05) is 13.8 Å². The molecule has 0 spiro atoms. The zero-order chi connectivity index (χ0) is 14.2. The van der Waals surface area contributed by atoms with Crippen molar-refractivity contribution in [1.82, 2.24) is 4.90 Å². The summed E-state index contributed by atoms with van der Waals surface area (Å²) in [4.78, 5) is 13.9. The van der Waals surface area contributed by atoms with Gasteiger partial charge in [0.25, 0.3) is 0 Å². The Morgan fingerprint density at radius 2 is 2.16 bits per heavy atom. The highest BCUT2D eigenvalue weighted by molar-refractivity contribution is 6.30. The number of benzene rings is 1. The van der Waals surface area contributed by atoms with Gasteiger partial charge in [-0.2, -0.15) is 0 Å². The second kappa shape index (κ2) is 5.47. The SMILES string of the molecule is CC(C)N1C(=O)CCC(N)C1c1ccc(F)c(Cl)c1. The smallest absolute Gasteiger partial charge is 0.223 e. The summed E-state index contributed by atoms with van der Waals surface area (Å²) in [6, 6.07) is 4.20. The van der Waals surface area contributed by atoms with Crippen LogP contribution in [0.2, 0.25) is 5.02 Å². The van der Waals surface area contributed by atoms with Gasteiger partial charge in [0.2, 0.25) is 5.91 Å². The van der Waals surface area contributed by atoms with Crippen LogP contribution in [0.15, 0.2) is 18.2 Å². The van der Waals surface area contributed by atoms with Crippen molar-refractivity contribution in [2.24, 2.45) is 5.73 Å². The van der Waals surface area contributed by atoms with Crippen LogP contribution >= 0.6 is 11.6 Å². The molecule has 1 aliphatic heterocycles. The molecular weight excluding hydrogens is 267 g/mol. The number of likely N-dealkylation sites (tertiary alicyclic amines) is 1. The van der Waals surface area contributed by atoms with Crippen molar-refractivity contribution in [1.29, 1.82) is 0 Å². The molecule has 3 nitrogen and oxygen atoms in total. The first kappa shape index (κ1) is 14.3. The van der Waals surface area contributed by atoms with Crippen molar-refractivity contribution in [3.8, 4) is 0 Å². The summed E-state index contributed by atoms with van der Waals surface area (Å²) in [6.07, 6.45) is 1.10. The van der Waals surface area contributed by atoms with Gasteiger partial charge in [0.05, 0.1) is 11.1 Å². The number of carbonyl (C=O) groups is 1.